The first-order chi connectivity index (χ1) is 20.1. The molecule has 0 saturated carbocycles. The topological polar surface area (TPSA) is 120 Å². The molecule has 0 spiro atoms. The van der Waals surface area contributed by atoms with Gasteiger partial charge in [-0.25, -0.2) is 24.3 Å². The monoisotopic (exact) mass is 553 g/mol. The van der Waals surface area contributed by atoms with Gasteiger partial charge in [-0.1, -0.05) is 12.1 Å². The molecule has 2 aliphatic rings. The number of fused-ring (bicyclic) bond motifs is 2. The van der Waals surface area contributed by atoms with Crippen LogP contribution < -0.4 is 4.74 Å². The molecule has 2 fully saturated rings. The van der Waals surface area contributed by atoms with Crippen LogP contribution in [0.3, 0.4) is 0 Å². The Kier molecular flexibility index (Phi) is 6.81. The molecule has 1 N–H and O–H groups in total. The molecular formula is C30H31N7O4. The average Bonchev–Trinajstić information content (AvgIpc) is 3.59. The van der Waals surface area contributed by atoms with E-state index < -0.39 is 5.97 Å². The normalized spacial score (nSPS) is 18.1. The molecule has 11 heteroatoms. The van der Waals surface area contributed by atoms with E-state index in [1.807, 2.05) is 30.5 Å². The summed E-state index contributed by atoms with van der Waals surface area (Å²) in [6.45, 7) is 4.40. The number of carboxylic acid groups (broad SMARTS) is 1. The maximum absolute atomic E-state index is 11.6. The molecule has 2 saturated heterocycles. The fourth-order valence-corrected chi connectivity index (χ4v) is 5.76. The lowest BCUT2D eigenvalue weighted by Crippen LogP contribution is -2.35. The number of rotatable bonds is 9. The molecule has 11 nitrogen and oxygen atoms in total. The predicted molar refractivity (Wildman–Crippen MR) is 150 cm³/mol. The second kappa shape index (κ2) is 10.9. The fraction of sp³-hybridized carbons (Fsp3) is 0.367. The van der Waals surface area contributed by atoms with Crippen LogP contribution in [0.15, 0.2) is 61.1 Å². The van der Waals surface area contributed by atoms with Crippen molar-refractivity contribution >= 4 is 22.6 Å². The Bertz CT molecular complexity index is 1700. The Balaban J connectivity index is 1.01. The maximum Gasteiger partial charge on any atom is 0.335 e. The minimum atomic E-state index is -0.932. The smallest absolute Gasteiger partial charge is 0.335 e. The summed E-state index contributed by atoms with van der Waals surface area (Å²) in [6, 6.07) is 15.1. The van der Waals surface area contributed by atoms with Gasteiger partial charge in [0.05, 0.1) is 35.8 Å². The van der Waals surface area contributed by atoms with Crippen molar-refractivity contribution in [3.63, 3.8) is 0 Å². The maximum atomic E-state index is 11.6. The molecule has 0 amide bonds. The van der Waals surface area contributed by atoms with Gasteiger partial charge >= 0.3 is 5.97 Å². The third-order valence-corrected chi connectivity index (χ3v) is 8.13. The minimum absolute atomic E-state index is 0.148. The van der Waals surface area contributed by atoms with Gasteiger partial charge in [-0.15, -0.1) is 0 Å². The van der Waals surface area contributed by atoms with Crippen LogP contribution in [-0.4, -0.2) is 70.9 Å². The average molecular weight is 554 g/mol. The summed E-state index contributed by atoms with van der Waals surface area (Å²) in [5.41, 5.74) is 4.74. The van der Waals surface area contributed by atoms with Crippen LogP contribution in [0.1, 0.15) is 52.6 Å². The lowest BCUT2D eigenvalue weighted by Gasteiger charge is -2.32. The van der Waals surface area contributed by atoms with Crippen molar-refractivity contribution in [2.45, 2.75) is 51.0 Å². The summed E-state index contributed by atoms with van der Waals surface area (Å²) in [6.07, 6.45) is 6.54. The number of nitrogens with zero attached hydrogens (tertiary/aromatic N) is 7. The van der Waals surface area contributed by atoms with Gasteiger partial charge in [0.2, 0.25) is 5.88 Å². The Hall–Kier alpha value is -4.35. The standard InChI is InChI=1S/C30H31N7O4/c38-30(39)21-6-7-25-26(15-21)36(16-23-10-14-40-23)27(33-25)17-35-12-8-20(9-13-35)24-4-1-5-28(34-24)41-18-22-3-2-11-37-29(22)31-19-32-37/h1-7,11,15,19-20,23H,8-10,12-14,16-18H2,(H,38,39)/t23-/m0/s1. The van der Waals surface area contributed by atoms with Crippen LogP contribution in [0, 0.1) is 0 Å². The number of imidazole rings is 1. The van der Waals surface area contributed by atoms with E-state index in [0.29, 0.717) is 31.5 Å². The summed E-state index contributed by atoms with van der Waals surface area (Å²) in [7, 11) is 0. The Labute approximate surface area is 236 Å². The Morgan fingerprint density at radius 1 is 1.07 bits per heavy atom. The zero-order valence-corrected chi connectivity index (χ0v) is 22.6. The number of aromatic nitrogens is 6. The molecule has 6 heterocycles. The summed E-state index contributed by atoms with van der Waals surface area (Å²) in [4.78, 5) is 28.1. The summed E-state index contributed by atoms with van der Waals surface area (Å²) < 4.78 is 15.6. The second-order valence-corrected chi connectivity index (χ2v) is 10.7. The highest BCUT2D eigenvalue weighted by molar-refractivity contribution is 5.92. The van der Waals surface area contributed by atoms with E-state index in [2.05, 4.69) is 25.6 Å². The van der Waals surface area contributed by atoms with E-state index in [9.17, 15) is 9.90 Å². The van der Waals surface area contributed by atoms with Gasteiger partial charge in [0.1, 0.15) is 18.8 Å². The van der Waals surface area contributed by atoms with Crippen molar-refractivity contribution in [2.75, 3.05) is 19.7 Å². The van der Waals surface area contributed by atoms with Crippen molar-refractivity contribution in [3.05, 3.63) is 83.7 Å². The minimum Gasteiger partial charge on any atom is -0.478 e. The van der Waals surface area contributed by atoms with Crippen LogP contribution in [0.2, 0.25) is 0 Å². The lowest BCUT2D eigenvalue weighted by molar-refractivity contribution is -0.0592. The van der Waals surface area contributed by atoms with E-state index in [1.165, 1.54) is 6.33 Å². The van der Waals surface area contributed by atoms with Crippen LogP contribution in [0.4, 0.5) is 0 Å². The summed E-state index contributed by atoms with van der Waals surface area (Å²) >= 11 is 0. The Morgan fingerprint density at radius 2 is 1.95 bits per heavy atom. The number of benzene rings is 1. The molecule has 0 bridgehead atoms. The number of ether oxygens (including phenoxy) is 2. The molecule has 0 unspecified atom stereocenters. The zero-order chi connectivity index (χ0) is 27.8. The molecular weight excluding hydrogens is 522 g/mol. The van der Waals surface area contributed by atoms with Gasteiger partial charge in [-0.2, -0.15) is 5.10 Å². The van der Waals surface area contributed by atoms with E-state index >= 15 is 0 Å². The van der Waals surface area contributed by atoms with Crippen LogP contribution >= 0.6 is 0 Å². The van der Waals surface area contributed by atoms with Crippen molar-refractivity contribution in [1.82, 2.24) is 34.0 Å². The highest BCUT2D eigenvalue weighted by Crippen LogP contribution is 2.30. The zero-order valence-electron chi connectivity index (χ0n) is 22.6. The van der Waals surface area contributed by atoms with Gasteiger partial charge in [0.25, 0.3) is 0 Å². The molecule has 4 aromatic heterocycles. The number of aromatic carboxylic acids is 1. The molecule has 7 rings (SSSR count). The first-order valence-electron chi connectivity index (χ1n) is 14.0. The SMILES string of the molecule is O=C(O)c1ccc2nc(CN3CCC(c4cccc(OCc5cccn6ncnc56)n4)CC3)n(C[C@@H]3CCO3)c2c1. The van der Waals surface area contributed by atoms with Gasteiger partial charge in [0.15, 0.2) is 5.65 Å². The highest BCUT2D eigenvalue weighted by Gasteiger charge is 2.26. The highest BCUT2D eigenvalue weighted by atomic mass is 16.5. The molecule has 41 heavy (non-hydrogen) atoms. The van der Waals surface area contributed by atoms with Crippen molar-refractivity contribution < 1.29 is 19.4 Å². The predicted octanol–water partition coefficient (Wildman–Crippen LogP) is 3.92. The van der Waals surface area contributed by atoms with E-state index in [0.717, 1.165) is 72.7 Å². The van der Waals surface area contributed by atoms with E-state index in [1.54, 1.807) is 22.7 Å². The third-order valence-electron chi connectivity index (χ3n) is 8.13. The quantitative estimate of drug-likeness (QED) is 0.290. The number of hydrogen-bond donors (Lipinski definition) is 1. The van der Waals surface area contributed by atoms with Crippen LogP contribution in [0.25, 0.3) is 16.7 Å². The number of carbonyl (C=O) groups is 1. The lowest BCUT2D eigenvalue weighted by atomic mass is 9.93. The van der Waals surface area contributed by atoms with Gasteiger partial charge in [-0.3, -0.25) is 4.90 Å². The number of hydrogen-bond acceptors (Lipinski definition) is 8. The second-order valence-electron chi connectivity index (χ2n) is 10.7. The fourth-order valence-electron chi connectivity index (χ4n) is 5.76. The van der Waals surface area contributed by atoms with E-state index in [4.69, 9.17) is 19.4 Å². The largest absolute Gasteiger partial charge is 0.478 e. The van der Waals surface area contributed by atoms with Gasteiger partial charge in [-0.05, 0) is 62.7 Å². The number of pyridine rings is 2. The molecule has 2 aliphatic heterocycles. The van der Waals surface area contributed by atoms with Crippen LogP contribution in [-0.2, 0) is 24.4 Å². The molecule has 0 radical (unpaired) electrons. The molecule has 210 valence electrons. The first kappa shape index (κ1) is 25.6. The summed E-state index contributed by atoms with van der Waals surface area (Å²) in [5.74, 6) is 0.987. The van der Waals surface area contributed by atoms with Crippen molar-refractivity contribution in [2.24, 2.45) is 0 Å². The number of likely N-dealkylation sites (tertiary alicyclic amines) is 1. The van der Waals surface area contributed by atoms with Gasteiger partial charge < -0.3 is 19.1 Å². The molecule has 0 aliphatic carbocycles. The summed E-state index contributed by atoms with van der Waals surface area (Å²) in [5, 5.41) is 13.7. The van der Waals surface area contributed by atoms with Crippen LogP contribution in [0.5, 0.6) is 5.88 Å². The van der Waals surface area contributed by atoms with Crippen molar-refractivity contribution in [3.8, 4) is 5.88 Å². The molecule has 1 atom stereocenters. The van der Waals surface area contributed by atoms with Crippen molar-refractivity contribution in [1.29, 1.82) is 0 Å². The molecule has 5 aromatic rings. The molecule has 1 aromatic carbocycles. The van der Waals surface area contributed by atoms with Gasteiger partial charge in [0, 0.05) is 36.0 Å². The Morgan fingerprint density at radius 3 is 2.76 bits per heavy atom. The number of carboxylic acids is 1. The number of piperidine rings is 1. The van der Waals surface area contributed by atoms with E-state index in [-0.39, 0.29) is 11.7 Å². The first-order valence-corrected chi connectivity index (χ1v) is 14.0. The third kappa shape index (κ3) is 5.25.